The molecule has 0 aromatic rings. The van der Waals surface area contributed by atoms with Crippen molar-refractivity contribution in [3.63, 3.8) is 0 Å². The number of hydrogen-bond acceptors (Lipinski definition) is 3. The fourth-order valence-electron chi connectivity index (χ4n) is 0.650. The van der Waals surface area contributed by atoms with E-state index < -0.39 is 0 Å². The van der Waals surface area contributed by atoms with E-state index in [4.69, 9.17) is 10.6 Å². The van der Waals surface area contributed by atoms with Gasteiger partial charge in [0.2, 0.25) is 0 Å². The van der Waals surface area contributed by atoms with Gasteiger partial charge in [0.05, 0.1) is 0 Å². The first kappa shape index (κ1) is 8.88. The first-order valence-corrected chi connectivity index (χ1v) is 3.34. The highest BCUT2D eigenvalue weighted by Gasteiger charge is 1.85. The van der Waals surface area contributed by atoms with Gasteiger partial charge < -0.3 is 4.74 Å². The Bertz CT molecular complexity index is 44.3. The van der Waals surface area contributed by atoms with E-state index in [1.807, 2.05) is 0 Å². The van der Waals surface area contributed by atoms with Crippen molar-refractivity contribution in [1.29, 1.82) is 0 Å². The zero-order valence-corrected chi connectivity index (χ0v) is 6.02. The lowest BCUT2D eigenvalue weighted by Crippen LogP contribution is -2.22. The maximum Gasteiger partial charge on any atom is 0.0462 e. The van der Waals surface area contributed by atoms with Crippen LogP contribution in [0.4, 0.5) is 0 Å². The number of hydrazine groups is 1. The molecule has 0 aliphatic heterocycles. The molecular weight excluding hydrogens is 116 g/mol. The molecule has 0 heterocycles. The van der Waals surface area contributed by atoms with Crippen molar-refractivity contribution in [1.82, 2.24) is 5.43 Å². The van der Waals surface area contributed by atoms with Gasteiger partial charge in [0.15, 0.2) is 0 Å². The fraction of sp³-hybridized carbons (Fsp3) is 1.00. The second kappa shape index (κ2) is 7.88. The third-order valence-electron chi connectivity index (χ3n) is 1.17. The number of unbranched alkanes of at least 4 members (excludes halogenated alkanes) is 2. The van der Waals surface area contributed by atoms with Crippen LogP contribution in [0.2, 0.25) is 0 Å². The van der Waals surface area contributed by atoms with Gasteiger partial charge in [0, 0.05) is 20.3 Å². The molecule has 0 fully saturated rings. The quantitative estimate of drug-likeness (QED) is 0.310. The lowest BCUT2D eigenvalue weighted by Gasteiger charge is -1.98. The van der Waals surface area contributed by atoms with Crippen LogP contribution in [0.1, 0.15) is 19.3 Å². The SMILES string of the molecule is COCCCCCNN. The van der Waals surface area contributed by atoms with Gasteiger partial charge in [-0.2, -0.15) is 0 Å². The Hall–Kier alpha value is -0.120. The molecule has 0 unspecified atom stereocenters. The Morgan fingerprint density at radius 1 is 1.33 bits per heavy atom. The Morgan fingerprint density at radius 2 is 2.11 bits per heavy atom. The van der Waals surface area contributed by atoms with E-state index in [-0.39, 0.29) is 0 Å². The van der Waals surface area contributed by atoms with Gasteiger partial charge in [-0.25, -0.2) is 0 Å². The van der Waals surface area contributed by atoms with Crippen LogP contribution in [-0.2, 0) is 4.74 Å². The molecule has 3 heteroatoms. The highest BCUT2D eigenvalue weighted by atomic mass is 16.5. The van der Waals surface area contributed by atoms with Crippen molar-refractivity contribution >= 4 is 0 Å². The zero-order chi connectivity index (χ0) is 6.95. The molecule has 0 radical (unpaired) electrons. The van der Waals surface area contributed by atoms with Gasteiger partial charge in [0.25, 0.3) is 0 Å². The molecule has 0 rings (SSSR count). The average Bonchev–Trinajstić information content (AvgIpc) is 1.89. The van der Waals surface area contributed by atoms with E-state index in [1.165, 1.54) is 6.42 Å². The lowest BCUT2D eigenvalue weighted by atomic mass is 10.2. The van der Waals surface area contributed by atoms with Crippen molar-refractivity contribution < 1.29 is 4.74 Å². The molecule has 0 aromatic heterocycles. The topological polar surface area (TPSA) is 47.3 Å². The molecule has 0 atom stereocenters. The van der Waals surface area contributed by atoms with Crippen LogP contribution < -0.4 is 11.3 Å². The number of nitrogens with two attached hydrogens (primary N) is 1. The van der Waals surface area contributed by atoms with Crippen molar-refractivity contribution in [3.05, 3.63) is 0 Å². The van der Waals surface area contributed by atoms with E-state index in [0.29, 0.717) is 0 Å². The summed E-state index contributed by atoms with van der Waals surface area (Å²) in [6.07, 6.45) is 3.47. The smallest absolute Gasteiger partial charge is 0.0462 e. The molecule has 9 heavy (non-hydrogen) atoms. The zero-order valence-electron chi connectivity index (χ0n) is 6.02. The first-order chi connectivity index (χ1) is 4.41. The van der Waals surface area contributed by atoms with Crippen LogP contribution >= 0.6 is 0 Å². The predicted molar refractivity (Wildman–Crippen MR) is 37.9 cm³/mol. The first-order valence-electron chi connectivity index (χ1n) is 3.34. The van der Waals surface area contributed by atoms with Crippen LogP contribution in [0.5, 0.6) is 0 Å². The van der Waals surface area contributed by atoms with Crippen LogP contribution in [-0.4, -0.2) is 20.3 Å². The molecular formula is C6H16N2O. The van der Waals surface area contributed by atoms with E-state index in [1.54, 1.807) is 7.11 Å². The van der Waals surface area contributed by atoms with Gasteiger partial charge >= 0.3 is 0 Å². The fourth-order valence-corrected chi connectivity index (χ4v) is 0.650. The summed E-state index contributed by atoms with van der Waals surface area (Å²) in [5.74, 6) is 5.06. The molecule has 3 nitrogen and oxygen atoms in total. The van der Waals surface area contributed by atoms with E-state index in [0.717, 1.165) is 26.0 Å². The molecule has 56 valence electrons. The second-order valence-corrected chi connectivity index (χ2v) is 2.01. The van der Waals surface area contributed by atoms with Crippen LogP contribution in [0.15, 0.2) is 0 Å². The maximum absolute atomic E-state index is 5.06. The van der Waals surface area contributed by atoms with Crippen molar-refractivity contribution in [2.75, 3.05) is 20.3 Å². The molecule has 0 amide bonds. The largest absolute Gasteiger partial charge is 0.385 e. The number of hydrogen-bond donors (Lipinski definition) is 2. The maximum atomic E-state index is 5.06. The predicted octanol–water partition coefficient (Wildman–Crippen LogP) is 0.266. The summed E-state index contributed by atoms with van der Waals surface area (Å²) in [6, 6.07) is 0. The van der Waals surface area contributed by atoms with Crippen LogP contribution in [0, 0.1) is 0 Å². The Labute approximate surface area is 56.5 Å². The molecule has 0 spiro atoms. The monoisotopic (exact) mass is 132 g/mol. The Kier molecular flexibility index (Phi) is 7.77. The lowest BCUT2D eigenvalue weighted by molar-refractivity contribution is 0.192. The molecule has 0 bridgehead atoms. The number of rotatable bonds is 6. The van der Waals surface area contributed by atoms with Crippen molar-refractivity contribution in [3.8, 4) is 0 Å². The Balaban J connectivity index is 2.60. The van der Waals surface area contributed by atoms with Crippen molar-refractivity contribution in [2.24, 2.45) is 5.84 Å². The van der Waals surface area contributed by atoms with E-state index in [2.05, 4.69) is 5.43 Å². The molecule has 0 aromatic carbocycles. The summed E-state index contributed by atoms with van der Waals surface area (Å²) < 4.78 is 4.87. The average molecular weight is 132 g/mol. The molecule has 3 N–H and O–H groups in total. The second-order valence-electron chi connectivity index (χ2n) is 2.01. The molecule has 0 saturated heterocycles. The molecule has 0 aliphatic rings. The highest BCUT2D eigenvalue weighted by molar-refractivity contribution is 4.41. The summed E-state index contributed by atoms with van der Waals surface area (Å²) in [7, 11) is 1.72. The summed E-state index contributed by atoms with van der Waals surface area (Å²) in [6.45, 7) is 1.77. The summed E-state index contributed by atoms with van der Waals surface area (Å²) in [5.41, 5.74) is 2.60. The third kappa shape index (κ3) is 7.88. The minimum Gasteiger partial charge on any atom is -0.385 e. The van der Waals surface area contributed by atoms with Gasteiger partial charge in [-0.05, 0) is 19.3 Å². The molecule has 0 saturated carbocycles. The van der Waals surface area contributed by atoms with E-state index in [9.17, 15) is 0 Å². The standard InChI is InChI=1S/C6H16N2O/c1-9-6-4-2-3-5-8-7/h8H,2-7H2,1H3. The van der Waals surface area contributed by atoms with Gasteiger partial charge in [-0.15, -0.1) is 0 Å². The minimum atomic E-state index is 0.866. The number of ether oxygens (including phenoxy) is 1. The van der Waals surface area contributed by atoms with E-state index >= 15 is 0 Å². The van der Waals surface area contributed by atoms with Gasteiger partial charge in [-0.1, -0.05) is 0 Å². The minimum absolute atomic E-state index is 0.866. The summed E-state index contributed by atoms with van der Waals surface area (Å²) >= 11 is 0. The Morgan fingerprint density at radius 3 is 2.67 bits per heavy atom. The van der Waals surface area contributed by atoms with Crippen molar-refractivity contribution in [2.45, 2.75) is 19.3 Å². The van der Waals surface area contributed by atoms with Gasteiger partial charge in [-0.3, -0.25) is 11.3 Å². The van der Waals surface area contributed by atoms with Gasteiger partial charge in [0.1, 0.15) is 0 Å². The number of nitrogens with one attached hydrogen (secondary N) is 1. The summed E-state index contributed by atoms with van der Waals surface area (Å²) in [4.78, 5) is 0. The normalized spacial score (nSPS) is 10.0. The summed E-state index contributed by atoms with van der Waals surface area (Å²) in [5, 5.41) is 0. The van der Waals surface area contributed by atoms with Crippen LogP contribution in [0.25, 0.3) is 0 Å². The molecule has 0 aliphatic carbocycles. The number of methoxy groups -OCH3 is 1. The highest BCUT2D eigenvalue weighted by Crippen LogP contribution is 1.92. The van der Waals surface area contributed by atoms with Crippen LogP contribution in [0.3, 0.4) is 0 Å². The third-order valence-corrected chi connectivity index (χ3v) is 1.17.